The average Bonchev–Trinajstić information content (AvgIpc) is 1.72. The van der Waals surface area contributed by atoms with Gasteiger partial charge in [0.1, 0.15) is 155 Å². The summed E-state index contributed by atoms with van der Waals surface area (Å²) in [6.07, 6.45) is -2.27. The molecule has 0 aromatic rings. The van der Waals surface area contributed by atoms with E-state index < -0.39 is 205 Å². The lowest BCUT2D eigenvalue weighted by Crippen LogP contribution is -2.36. The van der Waals surface area contributed by atoms with Crippen molar-refractivity contribution >= 4 is 92.4 Å². The molecule has 10 radical (unpaired) electrons. The van der Waals surface area contributed by atoms with Crippen LogP contribution in [0.1, 0.15) is 99.8 Å². The first-order valence-corrected chi connectivity index (χ1v) is 48.8. The predicted octanol–water partition coefficient (Wildman–Crippen LogP) is -0.510. The van der Waals surface area contributed by atoms with Gasteiger partial charge in [-0.05, 0) is 88.5 Å². The zero-order valence-electron chi connectivity index (χ0n) is 66.3. The molecule has 42 nitrogen and oxygen atoms in total. The molecule has 118 heavy (non-hydrogen) atoms. The van der Waals surface area contributed by atoms with E-state index in [0.29, 0.717) is 75.1 Å². The molecule has 7 rings (SSSR count). The van der Waals surface area contributed by atoms with E-state index in [0.717, 1.165) is 87.0 Å². The molecular formula is C64H116B5O42P7. The summed E-state index contributed by atoms with van der Waals surface area (Å²) in [4.78, 5) is 121. The topological polar surface area (TPSA) is 674 Å². The van der Waals surface area contributed by atoms with Crippen LogP contribution in [0, 0.1) is 0 Å². The van der Waals surface area contributed by atoms with Crippen LogP contribution in [-0.2, 0) is 98.3 Å². The Labute approximate surface area is 692 Å². The number of aliphatic hydroxyl groups excluding tert-OH is 7. The minimum Gasteiger partial charge on any atom is -0.390 e. The highest BCUT2D eigenvalue weighted by atomic mass is 31.2. The molecule has 7 fully saturated rings. The first-order valence-electron chi connectivity index (χ1n) is 37.0. The van der Waals surface area contributed by atoms with Gasteiger partial charge >= 0.3 is 53.2 Å². The molecule has 7 aliphatic rings. The van der Waals surface area contributed by atoms with Crippen LogP contribution in [0.15, 0.2) is 83.3 Å². The van der Waals surface area contributed by atoms with Crippen LogP contribution >= 0.6 is 53.2 Å². The van der Waals surface area contributed by atoms with Crippen molar-refractivity contribution in [1.82, 2.24) is 0 Å². The van der Waals surface area contributed by atoms with Gasteiger partial charge in [-0.25, -0.2) is 0 Å². The summed E-state index contributed by atoms with van der Waals surface area (Å²) < 4.78 is 148. The molecule has 7 heterocycles. The second-order valence-electron chi connectivity index (χ2n) is 27.0. The van der Waals surface area contributed by atoms with Gasteiger partial charge in [-0.3, -0.25) is 32.0 Å². The number of ether oxygens (including phenoxy) is 14. The smallest absolute Gasteiger partial charge is 0.348 e. The molecule has 0 spiro atoms. The minimum atomic E-state index is -4.29. The summed E-state index contributed by atoms with van der Waals surface area (Å²) in [6, 6.07) is -4.07. The molecule has 0 amide bonds. The Morgan fingerprint density at radius 3 is 0.746 bits per heavy atom. The summed E-state index contributed by atoms with van der Waals surface area (Å²) in [5, 5.41) is 68.3. The number of unbranched alkanes of at least 4 members (excludes halogenated alkanes) is 2. The van der Waals surface area contributed by atoms with E-state index in [1.165, 1.54) is 19.3 Å². The standard InChI is InChI=1S/C11H20BO7P.2C10H18BO6P.2C9H16BO6P.C8H15O6P.C7H13O5P/c1-2-4-17-5-6-18-10-9(13)8(19-11(10)12)3-7-20(14,15)16;2*1-2-3-5-16-9-8(12)7(17-10(9)11)4-6-18(13,14)15;2*1-2-4-15-8-7(11)6(16-9(8)10)3-5-17(12,13)14;1-5-8(13-2)7(9)6(14-5)3-4-15(10,11)12;1-5-4-6(8)7(12-5)2-3-13(9,10)11/h3,7-11,13H,2,4-6H2,1H3,(H2,14,15,16);2*4,6-10,12H,2-3,5H2,1H3,(H2,13,14,15);2*3,5-9,11H,2,4H2,1H3,(H2,12,13,14);3-9H,1-2H3,(H2,10,11,12);2-3,5-8H,4H2,1H3,(H2,9,10,11)/b7-3+;2*6-4+;2*5-3+;4-3+;3-2+/t8-,9+,10?,11-;2*7-,8+,9?,10-;2*6-,7+,8?,9-;5-,6+,7-,8?;5-,6+,7+/m1111100/s1. The monoisotopic (exact) mass is 1830 g/mol. The fourth-order valence-electron chi connectivity index (χ4n) is 10.9. The molecule has 21 N–H and O–H groups in total. The van der Waals surface area contributed by atoms with E-state index >= 15 is 0 Å². The highest BCUT2D eigenvalue weighted by Crippen LogP contribution is 2.43. The molecule has 0 bridgehead atoms. The second kappa shape index (κ2) is 56.1. The molecule has 674 valence electrons. The third-order valence-corrected chi connectivity index (χ3v) is 20.4. The number of hydrogen-bond acceptors (Lipinski definition) is 28. The maximum atomic E-state index is 10.7. The Kier molecular flexibility index (Phi) is 54.6. The SMILES string of the molecule is COC1[C@H](C)O[C@H](/C=C/P(=O)(O)O)[C@@H]1O.C[C@H]1C[C@@H](O)[C@@H](/C=C/P(=O)(O)O)O1.[B][C@@H]1O[C@H](/C=C/P(=O)(O)O)[C@H](O)C1OCCC.[B][C@@H]1O[C@H](/C=C/P(=O)(O)O)[C@H](O)C1OCCC.[B][C@@H]1O[C@H](/C=C/P(=O)(O)O)[C@H](O)C1OCCCC.[B][C@@H]1O[C@H](/C=C/P(=O)(O)O)[C@H](O)C1OCCCC.[B][C@@H]1O[C@H](/C=C/P(=O)(O)O)[C@H](O)C1OCCOCCC. The van der Waals surface area contributed by atoms with Crippen molar-refractivity contribution < 1.29 is 203 Å². The second-order valence-corrected chi connectivity index (χ2v) is 37.3. The van der Waals surface area contributed by atoms with Gasteiger partial charge in [-0.15, -0.1) is 0 Å². The normalized spacial score (nSPS) is 34.2. The van der Waals surface area contributed by atoms with Crippen LogP contribution in [0.2, 0.25) is 0 Å². The van der Waals surface area contributed by atoms with Crippen LogP contribution in [0.25, 0.3) is 0 Å². The van der Waals surface area contributed by atoms with Gasteiger partial charge in [-0.1, -0.05) is 47.5 Å². The van der Waals surface area contributed by atoms with Gasteiger partial charge in [0.05, 0.1) is 31.5 Å². The van der Waals surface area contributed by atoms with Gasteiger partial charge in [-0.2, -0.15) is 0 Å². The molecule has 0 saturated carbocycles. The Hall–Kier alpha value is -1.29. The van der Waals surface area contributed by atoms with Crippen LogP contribution in [-0.4, -0.2) is 361 Å². The summed E-state index contributed by atoms with van der Waals surface area (Å²) in [7, 11) is -0.0636. The van der Waals surface area contributed by atoms with Gasteiger partial charge in [0, 0.05) is 117 Å². The molecule has 6 unspecified atom stereocenters. The van der Waals surface area contributed by atoms with Crippen molar-refractivity contribution in [2.75, 3.05) is 53.4 Å². The van der Waals surface area contributed by atoms with Gasteiger partial charge in [0.15, 0.2) is 0 Å². The van der Waals surface area contributed by atoms with Crippen molar-refractivity contribution in [2.45, 2.75) is 264 Å². The molecular weight excluding hydrogens is 1710 g/mol. The van der Waals surface area contributed by atoms with E-state index in [-0.39, 0.29) is 18.8 Å². The fraction of sp³-hybridized carbons (Fsp3) is 0.781. The summed E-state index contributed by atoms with van der Waals surface area (Å²) in [6.45, 7) is 16.4. The van der Waals surface area contributed by atoms with Gasteiger partial charge in [0.2, 0.25) is 0 Å². The van der Waals surface area contributed by atoms with Crippen LogP contribution in [0.5, 0.6) is 0 Å². The van der Waals surface area contributed by atoms with Crippen molar-refractivity contribution in [3.05, 3.63) is 83.3 Å². The largest absolute Gasteiger partial charge is 0.390 e. The van der Waals surface area contributed by atoms with E-state index in [9.17, 15) is 67.7 Å². The van der Waals surface area contributed by atoms with Crippen LogP contribution in [0.4, 0.5) is 0 Å². The Morgan fingerprint density at radius 2 is 0.534 bits per heavy atom. The van der Waals surface area contributed by atoms with Crippen molar-refractivity contribution in [1.29, 1.82) is 0 Å². The molecule has 0 aromatic heterocycles. The van der Waals surface area contributed by atoms with E-state index in [1.54, 1.807) is 13.8 Å². The first-order chi connectivity index (χ1) is 54.5. The summed E-state index contributed by atoms with van der Waals surface area (Å²) in [5.41, 5.74) is 0. The summed E-state index contributed by atoms with van der Waals surface area (Å²) >= 11 is 0. The maximum Gasteiger partial charge on any atom is 0.348 e. The van der Waals surface area contributed by atoms with Crippen LogP contribution < -0.4 is 0 Å². The zero-order valence-corrected chi connectivity index (χ0v) is 72.5. The number of hydrogen-bond donors (Lipinski definition) is 21. The lowest BCUT2D eigenvalue weighted by atomic mass is 9.93. The maximum absolute atomic E-state index is 10.7. The zero-order chi connectivity index (χ0) is 90.5. The Balaban J connectivity index is 0.000000690. The Morgan fingerprint density at radius 1 is 0.305 bits per heavy atom. The van der Waals surface area contributed by atoms with E-state index in [2.05, 4.69) is 0 Å². The molecule has 7 aliphatic heterocycles. The third kappa shape index (κ3) is 48.0. The van der Waals surface area contributed by atoms with Gasteiger partial charge in [0.25, 0.3) is 0 Å². The van der Waals surface area contributed by atoms with Crippen LogP contribution in [0.3, 0.4) is 0 Å². The van der Waals surface area contributed by atoms with Crippen molar-refractivity contribution in [3.8, 4) is 0 Å². The van der Waals surface area contributed by atoms with E-state index in [1.807, 2.05) is 34.6 Å². The highest BCUT2D eigenvalue weighted by molar-refractivity contribution is 7.56. The molecule has 7 saturated heterocycles. The molecule has 27 atom stereocenters. The quantitative estimate of drug-likeness (QED) is 0.0216. The highest BCUT2D eigenvalue weighted by Gasteiger charge is 2.46. The molecule has 0 aromatic carbocycles. The average molecular weight is 1830 g/mol. The van der Waals surface area contributed by atoms with Gasteiger partial charge < -0.3 is 171 Å². The Bertz CT molecular complexity index is 3260. The molecule has 54 heteroatoms. The predicted molar refractivity (Wildman–Crippen MR) is 427 cm³/mol. The molecule has 0 aliphatic carbocycles. The third-order valence-electron chi connectivity index (χ3n) is 16.5. The van der Waals surface area contributed by atoms with Crippen molar-refractivity contribution in [2.24, 2.45) is 0 Å². The first kappa shape index (κ1) is 115. The summed E-state index contributed by atoms with van der Waals surface area (Å²) in [5.74, 6) is 4.95. The number of methoxy groups -OCH3 is 1. The minimum absolute atomic E-state index is 0.0681. The van der Waals surface area contributed by atoms with Crippen molar-refractivity contribution in [3.63, 3.8) is 0 Å². The number of rotatable bonds is 35. The lowest BCUT2D eigenvalue weighted by Gasteiger charge is -2.18. The lowest BCUT2D eigenvalue weighted by molar-refractivity contribution is -0.0421. The fourth-order valence-corrected chi connectivity index (χ4v) is 13.7. The van der Waals surface area contributed by atoms with E-state index in [4.69, 9.17) is 174 Å². The number of aliphatic hydroxyl groups is 7.